The molecule has 0 spiro atoms. The number of nitrogens with zero attached hydrogens (tertiary/aromatic N) is 3. The zero-order valence-electron chi connectivity index (χ0n) is 13.6. The first-order valence-electron chi connectivity index (χ1n) is 8.05. The molecule has 1 aliphatic heterocycles. The number of hydrogen-bond acceptors (Lipinski definition) is 5. The van der Waals surface area contributed by atoms with E-state index in [4.69, 9.17) is 0 Å². The van der Waals surface area contributed by atoms with E-state index in [1.807, 2.05) is 26.1 Å². The maximum Gasteiger partial charge on any atom is 0.242 e. The molecule has 0 radical (unpaired) electrons. The van der Waals surface area contributed by atoms with E-state index < -0.39 is 0 Å². The second kappa shape index (κ2) is 7.23. The number of amides is 1. The standard InChI is InChI=1S/C16H23N5OS/c1-11-15(23-12(2)19-11)9-18-16(22)10-21-7-5-14(20-21)13-4-3-6-17-8-13/h5,7,13,17H,3-4,6,8-10H2,1-2H3,(H,18,22). The minimum atomic E-state index is -0.0214. The Morgan fingerprint density at radius 2 is 2.39 bits per heavy atom. The van der Waals surface area contributed by atoms with Crippen molar-refractivity contribution in [2.45, 2.75) is 45.7 Å². The van der Waals surface area contributed by atoms with Crippen LogP contribution in [0, 0.1) is 13.8 Å². The first-order valence-corrected chi connectivity index (χ1v) is 8.87. The van der Waals surface area contributed by atoms with Gasteiger partial charge in [0.15, 0.2) is 0 Å². The van der Waals surface area contributed by atoms with E-state index in [2.05, 4.69) is 20.7 Å². The normalized spacial score (nSPS) is 18.1. The van der Waals surface area contributed by atoms with Crippen molar-refractivity contribution in [2.75, 3.05) is 13.1 Å². The van der Waals surface area contributed by atoms with E-state index in [-0.39, 0.29) is 12.5 Å². The lowest BCUT2D eigenvalue weighted by atomic mass is 9.97. The highest BCUT2D eigenvalue weighted by molar-refractivity contribution is 7.11. The van der Waals surface area contributed by atoms with Crippen LogP contribution in [0.4, 0.5) is 0 Å². The predicted octanol–water partition coefficient (Wildman–Crippen LogP) is 1.74. The number of aryl methyl sites for hydroxylation is 2. The molecule has 1 atom stereocenters. The molecule has 0 aromatic carbocycles. The molecule has 23 heavy (non-hydrogen) atoms. The van der Waals surface area contributed by atoms with E-state index in [1.165, 1.54) is 12.8 Å². The molecule has 1 fully saturated rings. The highest BCUT2D eigenvalue weighted by atomic mass is 32.1. The molecule has 2 aromatic rings. The van der Waals surface area contributed by atoms with Crippen molar-refractivity contribution in [2.24, 2.45) is 0 Å². The molecule has 2 N–H and O–H groups in total. The molecule has 3 rings (SSSR count). The molecule has 2 aromatic heterocycles. The molecule has 0 saturated carbocycles. The third-order valence-corrected chi connectivity index (χ3v) is 5.20. The van der Waals surface area contributed by atoms with Gasteiger partial charge >= 0.3 is 0 Å². The van der Waals surface area contributed by atoms with E-state index in [1.54, 1.807) is 16.0 Å². The Hall–Kier alpha value is -1.73. The summed E-state index contributed by atoms with van der Waals surface area (Å²) in [6.45, 7) is 6.83. The number of carbonyl (C=O) groups is 1. The number of nitrogens with one attached hydrogen (secondary N) is 2. The SMILES string of the molecule is Cc1nc(C)c(CNC(=O)Cn2ccc(C3CCCNC3)n2)s1. The van der Waals surface area contributed by atoms with Crippen molar-refractivity contribution in [3.05, 3.63) is 33.5 Å². The van der Waals surface area contributed by atoms with Gasteiger partial charge in [-0.15, -0.1) is 11.3 Å². The van der Waals surface area contributed by atoms with Crippen LogP contribution in [-0.2, 0) is 17.9 Å². The van der Waals surface area contributed by atoms with Gasteiger partial charge in [-0.3, -0.25) is 9.48 Å². The molecular formula is C16H23N5OS. The summed E-state index contributed by atoms with van der Waals surface area (Å²) in [6.07, 6.45) is 4.25. The smallest absolute Gasteiger partial charge is 0.242 e. The van der Waals surface area contributed by atoms with Crippen LogP contribution in [0.3, 0.4) is 0 Å². The van der Waals surface area contributed by atoms with Gasteiger partial charge in [-0.25, -0.2) is 4.98 Å². The minimum Gasteiger partial charge on any atom is -0.350 e. The Labute approximate surface area is 140 Å². The molecule has 1 amide bonds. The third-order valence-electron chi connectivity index (χ3n) is 4.13. The van der Waals surface area contributed by atoms with Gasteiger partial charge in [-0.05, 0) is 39.3 Å². The molecular weight excluding hydrogens is 310 g/mol. The predicted molar refractivity (Wildman–Crippen MR) is 90.5 cm³/mol. The minimum absolute atomic E-state index is 0.0214. The molecule has 1 unspecified atom stereocenters. The monoisotopic (exact) mass is 333 g/mol. The molecule has 1 aliphatic rings. The number of piperidine rings is 1. The van der Waals surface area contributed by atoms with Gasteiger partial charge in [-0.1, -0.05) is 0 Å². The number of carbonyl (C=O) groups excluding carboxylic acids is 1. The van der Waals surface area contributed by atoms with E-state index in [0.29, 0.717) is 12.5 Å². The second-order valence-electron chi connectivity index (χ2n) is 6.00. The topological polar surface area (TPSA) is 71.8 Å². The Bertz CT molecular complexity index is 672. The van der Waals surface area contributed by atoms with Crippen LogP contribution in [0.1, 0.15) is 40.0 Å². The summed E-state index contributed by atoms with van der Waals surface area (Å²) >= 11 is 1.63. The molecule has 1 saturated heterocycles. The first-order chi connectivity index (χ1) is 11.1. The van der Waals surface area contributed by atoms with Gasteiger partial charge in [0, 0.05) is 23.5 Å². The van der Waals surface area contributed by atoms with Crippen LogP contribution in [0.5, 0.6) is 0 Å². The summed E-state index contributed by atoms with van der Waals surface area (Å²) in [6, 6.07) is 2.03. The zero-order chi connectivity index (χ0) is 16.2. The summed E-state index contributed by atoms with van der Waals surface area (Å²) in [4.78, 5) is 17.6. The molecule has 0 aliphatic carbocycles. The number of thiazole rings is 1. The van der Waals surface area contributed by atoms with Crippen molar-refractivity contribution < 1.29 is 4.79 Å². The third kappa shape index (κ3) is 4.17. The summed E-state index contributed by atoms with van der Waals surface area (Å²) in [5.41, 5.74) is 2.08. The Kier molecular flexibility index (Phi) is 5.07. The highest BCUT2D eigenvalue weighted by Gasteiger charge is 2.18. The zero-order valence-corrected chi connectivity index (χ0v) is 14.4. The summed E-state index contributed by atoms with van der Waals surface area (Å²) < 4.78 is 1.73. The lowest BCUT2D eigenvalue weighted by molar-refractivity contribution is -0.122. The van der Waals surface area contributed by atoms with Crippen molar-refractivity contribution in [1.29, 1.82) is 0 Å². The average molecular weight is 333 g/mol. The molecule has 3 heterocycles. The first kappa shape index (κ1) is 16.1. The summed E-state index contributed by atoms with van der Waals surface area (Å²) in [7, 11) is 0. The Morgan fingerprint density at radius 1 is 1.52 bits per heavy atom. The maximum absolute atomic E-state index is 12.1. The van der Waals surface area contributed by atoms with E-state index in [0.717, 1.165) is 34.4 Å². The number of aromatic nitrogens is 3. The Morgan fingerprint density at radius 3 is 3.09 bits per heavy atom. The van der Waals surface area contributed by atoms with Crippen LogP contribution in [-0.4, -0.2) is 33.8 Å². The molecule has 6 nitrogen and oxygen atoms in total. The van der Waals surface area contributed by atoms with E-state index >= 15 is 0 Å². The fourth-order valence-corrected chi connectivity index (χ4v) is 3.78. The van der Waals surface area contributed by atoms with Crippen molar-refractivity contribution in [3.8, 4) is 0 Å². The van der Waals surface area contributed by atoms with Gasteiger partial charge < -0.3 is 10.6 Å². The lowest BCUT2D eigenvalue weighted by Gasteiger charge is -2.20. The maximum atomic E-state index is 12.1. The van der Waals surface area contributed by atoms with Crippen molar-refractivity contribution in [3.63, 3.8) is 0 Å². The molecule has 7 heteroatoms. The second-order valence-corrected chi connectivity index (χ2v) is 7.29. The fourth-order valence-electron chi connectivity index (χ4n) is 2.91. The average Bonchev–Trinajstić information content (AvgIpc) is 3.12. The van der Waals surface area contributed by atoms with Gasteiger partial charge in [0.2, 0.25) is 5.91 Å². The quantitative estimate of drug-likeness (QED) is 0.874. The Balaban J connectivity index is 1.51. The van der Waals surface area contributed by atoms with E-state index in [9.17, 15) is 4.79 Å². The van der Waals surface area contributed by atoms with Crippen LogP contribution >= 0.6 is 11.3 Å². The van der Waals surface area contributed by atoms with Gasteiger partial charge in [0.05, 0.1) is 22.9 Å². The highest BCUT2D eigenvalue weighted by Crippen LogP contribution is 2.21. The van der Waals surface area contributed by atoms with Crippen molar-refractivity contribution in [1.82, 2.24) is 25.4 Å². The molecule has 0 bridgehead atoms. The number of hydrogen-bond donors (Lipinski definition) is 2. The largest absolute Gasteiger partial charge is 0.350 e. The van der Waals surface area contributed by atoms with Gasteiger partial charge in [-0.2, -0.15) is 5.10 Å². The fraction of sp³-hybridized carbons (Fsp3) is 0.562. The lowest BCUT2D eigenvalue weighted by Crippen LogP contribution is -2.29. The van der Waals surface area contributed by atoms with Crippen LogP contribution in [0.15, 0.2) is 12.3 Å². The number of rotatable bonds is 5. The van der Waals surface area contributed by atoms with Crippen LogP contribution in [0.2, 0.25) is 0 Å². The molecule has 124 valence electrons. The van der Waals surface area contributed by atoms with Crippen molar-refractivity contribution >= 4 is 17.2 Å². The summed E-state index contributed by atoms with van der Waals surface area (Å²) in [5, 5.41) is 11.9. The van der Waals surface area contributed by atoms with Gasteiger partial charge in [0.1, 0.15) is 6.54 Å². The van der Waals surface area contributed by atoms with Gasteiger partial charge in [0.25, 0.3) is 0 Å². The van der Waals surface area contributed by atoms with Crippen LogP contribution in [0.25, 0.3) is 0 Å². The van der Waals surface area contributed by atoms with Crippen LogP contribution < -0.4 is 10.6 Å². The summed E-state index contributed by atoms with van der Waals surface area (Å²) in [5.74, 6) is 0.447.